The predicted molar refractivity (Wildman–Crippen MR) is 122 cm³/mol. The lowest BCUT2D eigenvalue weighted by molar-refractivity contribution is 0.631. The Labute approximate surface area is 178 Å². The van der Waals surface area contributed by atoms with Crippen molar-refractivity contribution < 1.29 is 4.39 Å². The van der Waals surface area contributed by atoms with Gasteiger partial charge in [-0.25, -0.2) is 4.39 Å². The van der Waals surface area contributed by atoms with Crippen molar-refractivity contribution in [1.82, 2.24) is 4.98 Å². The van der Waals surface area contributed by atoms with Gasteiger partial charge >= 0.3 is 0 Å². The van der Waals surface area contributed by atoms with E-state index >= 15 is 0 Å². The third kappa shape index (κ3) is 2.57. The van der Waals surface area contributed by atoms with Crippen LogP contribution in [0.1, 0.15) is 0 Å². The molecule has 0 radical (unpaired) electrons. The summed E-state index contributed by atoms with van der Waals surface area (Å²) in [6.07, 6.45) is 0. The molecule has 144 valence electrons. The topological polar surface area (TPSA) is 19.0 Å². The molecular formula is C26H17FN2S. The maximum Gasteiger partial charge on any atom is 0.132 e. The first kappa shape index (κ1) is 17.4. The minimum atomic E-state index is -0.238. The zero-order valence-electron chi connectivity index (χ0n) is 16.0. The highest BCUT2D eigenvalue weighted by Gasteiger charge is 2.29. The van der Waals surface area contributed by atoms with Gasteiger partial charge in [0.15, 0.2) is 0 Å². The second-order valence-corrected chi connectivity index (χ2v) is 8.33. The number of halogens is 1. The second kappa shape index (κ2) is 6.78. The van der Waals surface area contributed by atoms with Crippen LogP contribution in [0.3, 0.4) is 0 Å². The predicted octanol–water partition coefficient (Wildman–Crippen LogP) is 7.91. The van der Waals surface area contributed by atoms with Crippen LogP contribution in [0.15, 0.2) is 107 Å². The van der Waals surface area contributed by atoms with Gasteiger partial charge in [-0.1, -0.05) is 66.4 Å². The summed E-state index contributed by atoms with van der Waals surface area (Å²) < 4.78 is 14.9. The zero-order chi connectivity index (χ0) is 20.1. The van der Waals surface area contributed by atoms with E-state index in [2.05, 4.69) is 64.5 Å². The molecule has 1 aliphatic rings. The molecule has 4 heteroatoms. The summed E-state index contributed by atoms with van der Waals surface area (Å²) in [5, 5.41) is 1.06. The number of nitrogens with one attached hydrogen (secondary N) is 1. The van der Waals surface area contributed by atoms with Gasteiger partial charge in [0.05, 0.1) is 22.8 Å². The Hall–Kier alpha value is -3.50. The largest absolute Gasteiger partial charge is 0.353 e. The molecule has 0 saturated heterocycles. The molecule has 0 fully saturated rings. The number of fused-ring (bicyclic) bond motifs is 3. The van der Waals surface area contributed by atoms with Crippen LogP contribution in [-0.4, -0.2) is 4.98 Å². The Bertz CT molecular complexity index is 1360. The molecule has 0 spiro atoms. The van der Waals surface area contributed by atoms with E-state index in [1.807, 2.05) is 30.3 Å². The van der Waals surface area contributed by atoms with Crippen molar-refractivity contribution in [2.24, 2.45) is 0 Å². The van der Waals surface area contributed by atoms with Gasteiger partial charge in [0.2, 0.25) is 0 Å². The number of anilines is 3. The van der Waals surface area contributed by atoms with Crippen molar-refractivity contribution in [2.75, 3.05) is 4.90 Å². The van der Waals surface area contributed by atoms with Gasteiger partial charge in [0, 0.05) is 26.3 Å². The van der Waals surface area contributed by atoms with E-state index in [0.717, 1.165) is 33.7 Å². The van der Waals surface area contributed by atoms with Crippen LogP contribution in [0.25, 0.3) is 22.2 Å². The fraction of sp³-hybridized carbons (Fsp3) is 0. The minimum absolute atomic E-state index is 0.238. The molecule has 0 amide bonds. The molecule has 0 bridgehead atoms. The summed E-state index contributed by atoms with van der Waals surface area (Å²) >= 11 is 1.77. The van der Waals surface area contributed by atoms with Crippen LogP contribution < -0.4 is 4.90 Å². The van der Waals surface area contributed by atoms with Crippen LogP contribution in [0.4, 0.5) is 21.5 Å². The monoisotopic (exact) mass is 408 g/mol. The van der Waals surface area contributed by atoms with Crippen LogP contribution in [-0.2, 0) is 0 Å². The minimum Gasteiger partial charge on any atom is -0.353 e. The number of hydrogen-bond donors (Lipinski definition) is 1. The SMILES string of the molecule is Fc1ccccc1-c1[nH]c2ccccc2c1N1c2ccccc2Sc2ccccc21. The number of H-pyrrole nitrogens is 1. The van der Waals surface area contributed by atoms with E-state index in [4.69, 9.17) is 0 Å². The first-order valence-corrected chi connectivity index (χ1v) is 10.6. The van der Waals surface area contributed by atoms with Crippen LogP contribution >= 0.6 is 11.8 Å². The standard InChI is InChI=1S/C26H17FN2S/c27-19-11-3-1-9-17(19)25-26(18-10-2-4-12-20(18)28-25)29-21-13-5-7-15-23(21)30-24-16-8-6-14-22(24)29/h1-16,28H. The van der Waals surface area contributed by atoms with Crippen molar-refractivity contribution in [3.8, 4) is 11.3 Å². The second-order valence-electron chi connectivity index (χ2n) is 7.25. The van der Waals surface area contributed by atoms with E-state index in [1.165, 1.54) is 15.9 Å². The van der Waals surface area contributed by atoms with Gasteiger partial charge in [0.1, 0.15) is 5.82 Å². The molecular weight excluding hydrogens is 391 g/mol. The molecule has 30 heavy (non-hydrogen) atoms. The molecule has 0 atom stereocenters. The highest BCUT2D eigenvalue weighted by molar-refractivity contribution is 7.99. The molecule has 1 N–H and O–H groups in total. The molecule has 0 unspecified atom stereocenters. The lowest BCUT2D eigenvalue weighted by atomic mass is 10.1. The van der Waals surface area contributed by atoms with E-state index in [-0.39, 0.29) is 5.82 Å². The molecule has 6 rings (SSSR count). The number of aromatic nitrogens is 1. The summed E-state index contributed by atoms with van der Waals surface area (Å²) in [5.74, 6) is -0.238. The maximum atomic E-state index is 14.9. The molecule has 1 aromatic heterocycles. The molecule has 1 aliphatic heterocycles. The van der Waals surface area contributed by atoms with E-state index in [1.54, 1.807) is 17.8 Å². The third-order valence-electron chi connectivity index (χ3n) is 5.48. The van der Waals surface area contributed by atoms with Gasteiger partial charge in [-0.2, -0.15) is 0 Å². The summed E-state index contributed by atoms with van der Waals surface area (Å²) in [6.45, 7) is 0. The van der Waals surface area contributed by atoms with E-state index < -0.39 is 0 Å². The Balaban J connectivity index is 1.73. The molecule has 5 aromatic rings. The van der Waals surface area contributed by atoms with Gasteiger partial charge in [0.25, 0.3) is 0 Å². The van der Waals surface area contributed by atoms with Gasteiger partial charge in [-0.15, -0.1) is 0 Å². The quantitative estimate of drug-likeness (QED) is 0.314. The Kier molecular flexibility index (Phi) is 3.93. The molecule has 2 nitrogen and oxygen atoms in total. The number of hydrogen-bond acceptors (Lipinski definition) is 2. The number of aromatic amines is 1. The fourth-order valence-corrected chi connectivity index (χ4v) is 5.22. The van der Waals surface area contributed by atoms with Crippen molar-refractivity contribution in [3.63, 3.8) is 0 Å². The van der Waals surface area contributed by atoms with Gasteiger partial charge < -0.3 is 9.88 Å². The highest BCUT2D eigenvalue weighted by Crippen LogP contribution is 2.54. The number of rotatable bonds is 2. The van der Waals surface area contributed by atoms with Crippen molar-refractivity contribution in [1.29, 1.82) is 0 Å². The first-order chi connectivity index (χ1) is 14.8. The first-order valence-electron chi connectivity index (χ1n) is 9.83. The lowest BCUT2D eigenvalue weighted by Crippen LogP contribution is -2.15. The molecule has 2 heterocycles. The lowest BCUT2D eigenvalue weighted by Gasteiger charge is -2.33. The Morgan fingerprint density at radius 1 is 0.667 bits per heavy atom. The summed E-state index contributed by atoms with van der Waals surface area (Å²) in [7, 11) is 0. The average Bonchev–Trinajstić information content (AvgIpc) is 3.16. The van der Waals surface area contributed by atoms with Gasteiger partial charge in [-0.05, 0) is 42.5 Å². The number of benzene rings is 4. The molecule has 4 aromatic carbocycles. The maximum absolute atomic E-state index is 14.9. The van der Waals surface area contributed by atoms with Crippen LogP contribution in [0.5, 0.6) is 0 Å². The van der Waals surface area contributed by atoms with Crippen molar-refractivity contribution in [3.05, 3.63) is 103 Å². The number of para-hydroxylation sites is 3. The van der Waals surface area contributed by atoms with Crippen LogP contribution in [0.2, 0.25) is 0 Å². The van der Waals surface area contributed by atoms with Crippen LogP contribution in [0, 0.1) is 5.82 Å². The fourth-order valence-electron chi connectivity index (χ4n) is 4.16. The van der Waals surface area contributed by atoms with E-state index in [9.17, 15) is 4.39 Å². The van der Waals surface area contributed by atoms with Crippen molar-refractivity contribution >= 4 is 39.7 Å². The van der Waals surface area contributed by atoms with Gasteiger partial charge in [-0.3, -0.25) is 0 Å². The average molecular weight is 409 g/mol. The van der Waals surface area contributed by atoms with Crippen molar-refractivity contribution in [2.45, 2.75) is 9.79 Å². The highest BCUT2D eigenvalue weighted by atomic mass is 32.2. The third-order valence-corrected chi connectivity index (χ3v) is 6.61. The normalized spacial score (nSPS) is 12.6. The number of nitrogens with zero attached hydrogens (tertiary/aromatic N) is 1. The Morgan fingerprint density at radius 3 is 2.00 bits per heavy atom. The van der Waals surface area contributed by atoms with E-state index in [0.29, 0.717) is 5.56 Å². The molecule has 0 aliphatic carbocycles. The summed E-state index contributed by atoms with van der Waals surface area (Å²) in [5.41, 5.74) is 5.50. The zero-order valence-corrected chi connectivity index (χ0v) is 16.8. The smallest absolute Gasteiger partial charge is 0.132 e. The molecule has 0 saturated carbocycles. The summed E-state index contributed by atoms with van der Waals surface area (Å²) in [6, 6.07) is 31.9. The summed E-state index contributed by atoms with van der Waals surface area (Å²) in [4.78, 5) is 8.12. The Morgan fingerprint density at radius 2 is 1.27 bits per heavy atom.